The van der Waals surface area contributed by atoms with Crippen LogP contribution in [0.25, 0.3) is 11.3 Å². The van der Waals surface area contributed by atoms with Gasteiger partial charge in [-0.15, -0.1) is 0 Å². The summed E-state index contributed by atoms with van der Waals surface area (Å²) in [5, 5.41) is 0. The van der Waals surface area contributed by atoms with Crippen molar-refractivity contribution in [3.8, 4) is 11.3 Å². The molecule has 0 radical (unpaired) electrons. The maximum Gasteiger partial charge on any atom is 0.181 e. The molecule has 72 valence electrons. The number of hydrogen-bond donors (Lipinski definition) is 0. The molecule has 2 aromatic rings. The fraction of sp³-hybridized carbons (Fsp3) is 0. The third-order valence-electron chi connectivity index (χ3n) is 1.76. The van der Waals surface area contributed by atoms with Gasteiger partial charge in [-0.2, -0.15) is 0 Å². The van der Waals surface area contributed by atoms with Crippen LogP contribution >= 0.6 is 0 Å². The zero-order chi connectivity index (χ0) is 9.97. The molecule has 1 atom stereocenters. The minimum atomic E-state index is -2.18. The topological polar surface area (TPSA) is 66.2 Å². The van der Waals surface area contributed by atoms with E-state index in [-0.39, 0.29) is 4.90 Å². The summed E-state index contributed by atoms with van der Waals surface area (Å²) in [6.45, 7) is 0. The van der Waals surface area contributed by atoms with Crippen molar-refractivity contribution in [1.29, 1.82) is 0 Å². The van der Waals surface area contributed by atoms with Gasteiger partial charge in [-0.25, -0.2) is 4.98 Å². The normalized spacial score (nSPS) is 12.6. The SMILES string of the molecule is O=S([O-])c1ccc(-c2cnco2)cc1. The molecule has 0 bridgehead atoms. The van der Waals surface area contributed by atoms with Gasteiger partial charge >= 0.3 is 0 Å². The molecule has 0 fully saturated rings. The zero-order valence-electron chi connectivity index (χ0n) is 7.04. The highest BCUT2D eigenvalue weighted by atomic mass is 32.2. The second kappa shape index (κ2) is 3.73. The van der Waals surface area contributed by atoms with Gasteiger partial charge in [0.15, 0.2) is 12.2 Å². The minimum absolute atomic E-state index is 0.258. The van der Waals surface area contributed by atoms with E-state index in [4.69, 9.17) is 4.42 Å². The monoisotopic (exact) mass is 208 g/mol. The van der Waals surface area contributed by atoms with Gasteiger partial charge in [0.05, 0.1) is 6.20 Å². The number of aromatic nitrogens is 1. The Morgan fingerprint density at radius 1 is 1.29 bits per heavy atom. The standard InChI is InChI=1S/C9H7NO3S/c11-14(12)8-3-1-7(2-4-8)9-5-10-6-13-9/h1-6H,(H,11,12)/p-1. The van der Waals surface area contributed by atoms with Crippen molar-refractivity contribution < 1.29 is 13.2 Å². The van der Waals surface area contributed by atoms with E-state index in [0.717, 1.165) is 5.56 Å². The van der Waals surface area contributed by atoms with Gasteiger partial charge in [0, 0.05) is 10.5 Å². The van der Waals surface area contributed by atoms with Crippen LogP contribution in [0.15, 0.2) is 46.2 Å². The van der Waals surface area contributed by atoms with Crippen molar-refractivity contribution in [2.45, 2.75) is 4.90 Å². The maximum atomic E-state index is 10.6. The molecule has 2 rings (SSSR count). The lowest BCUT2D eigenvalue weighted by molar-refractivity contribution is 0.537. The van der Waals surface area contributed by atoms with Crippen molar-refractivity contribution in [3.63, 3.8) is 0 Å². The summed E-state index contributed by atoms with van der Waals surface area (Å²) in [5.41, 5.74) is 0.803. The van der Waals surface area contributed by atoms with Crippen LogP contribution < -0.4 is 0 Å². The molecule has 1 aromatic carbocycles. The van der Waals surface area contributed by atoms with E-state index in [0.29, 0.717) is 5.76 Å². The van der Waals surface area contributed by atoms with E-state index in [1.54, 1.807) is 18.3 Å². The van der Waals surface area contributed by atoms with E-state index >= 15 is 0 Å². The van der Waals surface area contributed by atoms with Crippen LogP contribution in [0, 0.1) is 0 Å². The Bertz CT molecular complexity index is 436. The Morgan fingerprint density at radius 3 is 2.50 bits per heavy atom. The number of oxazole rings is 1. The fourth-order valence-electron chi connectivity index (χ4n) is 1.09. The first-order chi connectivity index (χ1) is 6.77. The van der Waals surface area contributed by atoms with E-state index in [2.05, 4.69) is 4.98 Å². The van der Waals surface area contributed by atoms with E-state index < -0.39 is 11.1 Å². The van der Waals surface area contributed by atoms with Crippen molar-refractivity contribution in [1.82, 2.24) is 4.98 Å². The zero-order valence-corrected chi connectivity index (χ0v) is 7.86. The van der Waals surface area contributed by atoms with Crippen molar-refractivity contribution in [2.75, 3.05) is 0 Å². The molecular weight excluding hydrogens is 202 g/mol. The highest BCUT2D eigenvalue weighted by Gasteiger charge is 2.00. The van der Waals surface area contributed by atoms with Crippen LogP contribution in [-0.2, 0) is 11.1 Å². The quantitative estimate of drug-likeness (QED) is 0.703. The van der Waals surface area contributed by atoms with E-state index in [9.17, 15) is 8.76 Å². The number of nitrogens with zero attached hydrogens (tertiary/aromatic N) is 1. The molecule has 0 N–H and O–H groups in total. The summed E-state index contributed by atoms with van der Waals surface area (Å²) in [6, 6.07) is 6.37. The van der Waals surface area contributed by atoms with Crippen LogP contribution in [0.4, 0.5) is 0 Å². The average molecular weight is 208 g/mol. The first-order valence-corrected chi connectivity index (χ1v) is 4.93. The molecular formula is C9H6NO3S-. The molecule has 14 heavy (non-hydrogen) atoms. The van der Waals surface area contributed by atoms with Gasteiger partial charge in [0.2, 0.25) is 0 Å². The lowest BCUT2D eigenvalue weighted by atomic mass is 10.2. The molecule has 1 unspecified atom stereocenters. The largest absolute Gasteiger partial charge is 0.768 e. The Kier molecular flexibility index (Phi) is 2.43. The first-order valence-electron chi connectivity index (χ1n) is 3.85. The number of rotatable bonds is 2. The van der Waals surface area contributed by atoms with Crippen LogP contribution in [0.2, 0.25) is 0 Å². The van der Waals surface area contributed by atoms with Gasteiger partial charge in [-0.1, -0.05) is 12.1 Å². The molecule has 1 heterocycles. The molecule has 0 aliphatic carbocycles. The molecule has 0 aliphatic rings. The summed E-state index contributed by atoms with van der Waals surface area (Å²) in [6.07, 6.45) is 2.90. The highest BCUT2D eigenvalue weighted by Crippen LogP contribution is 2.19. The molecule has 1 aromatic heterocycles. The van der Waals surface area contributed by atoms with Gasteiger partial charge in [-0.3, -0.25) is 4.21 Å². The Labute approximate surface area is 82.9 Å². The molecule has 0 spiro atoms. The summed E-state index contributed by atoms with van der Waals surface area (Å²) >= 11 is -2.18. The summed E-state index contributed by atoms with van der Waals surface area (Å²) < 4.78 is 26.2. The predicted molar refractivity (Wildman–Crippen MR) is 49.1 cm³/mol. The second-order valence-corrected chi connectivity index (χ2v) is 3.57. The molecule has 5 heteroatoms. The molecule has 0 saturated carbocycles. The number of hydrogen-bond acceptors (Lipinski definition) is 4. The molecule has 0 saturated heterocycles. The summed E-state index contributed by atoms with van der Waals surface area (Å²) in [4.78, 5) is 4.03. The maximum absolute atomic E-state index is 10.6. The van der Waals surface area contributed by atoms with Gasteiger partial charge < -0.3 is 8.97 Å². The van der Waals surface area contributed by atoms with Crippen molar-refractivity contribution >= 4 is 11.1 Å². The van der Waals surface area contributed by atoms with Crippen LogP contribution in [-0.4, -0.2) is 13.7 Å². The summed E-state index contributed by atoms with van der Waals surface area (Å²) in [7, 11) is 0. The van der Waals surface area contributed by atoms with Gasteiger partial charge in [0.1, 0.15) is 0 Å². The van der Waals surface area contributed by atoms with E-state index in [1.165, 1.54) is 18.5 Å². The van der Waals surface area contributed by atoms with Gasteiger partial charge in [0.25, 0.3) is 0 Å². The molecule has 4 nitrogen and oxygen atoms in total. The highest BCUT2D eigenvalue weighted by molar-refractivity contribution is 7.79. The van der Waals surface area contributed by atoms with E-state index in [1.807, 2.05) is 0 Å². The van der Waals surface area contributed by atoms with Crippen molar-refractivity contribution in [3.05, 3.63) is 36.9 Å². The Morgan fingerprint density at radius 2 is 2.00 bits per heavy atom. The lowest BCUT2D eigenvalue weighted by Crippen LogP contribution is -1.87. The summed E-state index contributed by atoms with van der Waals surface area (Å²) in [5.74, 6) is 0.619. The van der Waals surface area contributed by atoms with Crippen LogP contribution in [0.1, 0.15) is 0 Å². The fourth-order valence-corrected chi connectivity index (χ4v) is 1.45. The van der Waals surface area contributed by atoms with Crippen LogP contribution in [0.3, 0.4) is 0 Å². The van der Waals surface area contributed by atoms with Crippen molar-refractivity contribution in [2.24, 2.45) is 0 Å². The third-order valence-corrected chi connectivity index (χ3v) is 2.42. The smallest absolute Gasteiger partial charge is 0.181 e. The molecule has 0 amide bonds. The lowest BCUT2D eigenvalue weighted by Gasteiger charge is -2.04. The number of benzene rings is 1. The Hall–Kier alpha value is -1.46. The first kappa shape index (κ1) is 9.11. The Balaban J connectivity index is 2.36. The predicted octanol–water partition coefficient (Wildman–Crippen LogP) is 1.58. The van der Waals surface area contributed by atoms with Crippen LogP contribution in [0.5, 0.6) is 0 Å². The molecule has 0 aliphatic heterocycles. The second-order valence-electron chi connectivity index (χ2n) is 2.62. The third kappa shape index (κ3) is 1.73. The average Bonchev–Trinajstić information content (AvgIpc) is 2.71. The van der Waals surface area contributed by atoms with Gasteiger partial charge in [-0.05, 0) is 23.2 Å². The minimum Gasteiger partial charge on any atom is -0.768 e.